The van der Waals surface area contributed by atoms with Crippen LogP contribution in [0.15, 0.2) is 22.7 Å². The largest absolute Gasteiger partial charge is 0.458 e. The van der Waals surface area contributed by atoms with Crippen molar-refractivity contribution in [3.05, 3.63) is 33.3 Å². The highest BCUT2D eigenvalue weighted by molar-refractivity contribution is 9.10. The van der Waals surface area contributed by atoms with Gasteiger partial charge in [-0.3, -0.25) is 0 Å². The fraction of sp³-hybridized carbons (Fsp3) is 0.588. The van der Waals surface area contributed by atoms with Gasteiger partial charge in [-0.05, 0) is 64.7 Å². The molecule has 2 fully saturated rings. The first-order chi connectivity index (χ1) is 9.75. The number of rotatable bonds is 2. The monoisotopic (exact) mass is 370 g/mol. The van der Waals surface area contributed by atoms with Crippen LogP contribution in [0.3, 0.4) is 0 Å². The van der Waals surface area contributed by atoms with Crippen molar-refractivity contribution in [1.29, 1.82) is 0 Å². The van der Waals surface area contributed by atoms with Crippen molar-refractivity contribution >= 4 is 33.5 Å². The Labute approximate surface area is 139 Å². The van der Waals surface area contributed by atoms with Crippen LogP contribution < -0.4 is 0 Å². The van der Waals surface area contributed by atoms with E-state index in [1.54, 1.807) is 18.2 Å². The summed E-state index contributed by atoms with van der Waals surface area (Å²) >= 11 is 9.32. The Morgan fingerprint density at radius 2 is 2.10 bits per heavy atom. The maximum atomic E-state index is 12.4. The van der Waals surface area contributed by atoms with Crippen molar-refractivity contribution in [2.24, 2.45) is 16.7 Å². The molecule has 2 nitrogen and oxygen atoms in total. The minimum atomic E-state index is -0.248. The van der Waals surface area contributed by atoms with E-state index in [2.05, 4.69) is 36.7 Å². The molecule has 3 atom stereocenters. The van der Waals surface area contributed by atoms with Gasteiger partial charge >= 0.3 is 5.97 Å². The molecule has 3 rings (SSSR count). The summed E-state index contributed by atoms with van der Waals surface area (Å²) in [7, 11) is 0. The average molecular weight is 372 g/mol. The number of carbonyl (C=O) groups excluding carboxylic acids is 1. The summed E-state index contributed by atoms with van der Waals surface area (Å²) < 4.78 is 6.58. The molecule has 3 unspecified atom stereocenters. The summed E-state index contributed by atoms with van der Waals surface area (Å²) in [6.45, 7) is 6.91. The van der Waals surface area contributed by atoms with E-state index in [0.717, 1.165) is 17.3 Å². The molecule has 2 saturated carbocycles. The number of ether oxygens (including phenoxy) is 1. The Kier molecular flexibility index (Phi) is 3.65. The summed E-state index contributed by atoms with van der Waals surface area (Å²) in [6, 6.07) is 5.16. The maximum Gasteiger partial charge on any atom is 0.338 e. The van der Waals surface area contributed by atoms with Gasteiger partial charge in [0.15, 0.2) is 0 Å². The second-order valence-corrected chi connectivity index (χ2v) is 8.39. The Morgan fingerprint density at radius 1 is 1.38 bits per heavy atom. The van der Waals surface area contributed by atoms with Crippen molar-refractivity contribution in [3.8, 4) is 0 Å². The number of benzene rings is 1. The molecule has 114 valence electrons. The zero-order chi connectivity index (χ0) is 15.4. The standard InChI is InChI=1S/C17H20BrClO2/c1-16(2)11-6-7-17(16,3)14(9-11)21-15(20)10-4-5-13(19)12(18)8-10/h4-5,8,11,14H,6-7,9H2,1-3H3. The fourth-order valence-electron chi connectivity index (χ4n) is 4.13. The minimum Gasteiger partial charge on any atom is -0.458 e. The molecule has 21 heavy (non-hydrogen) atoms. The third-order valence-corrected chi connectivity index (χ3v) is 7.33. The van der Waals surface area contributed by atoms with Crippen LogP contribution in [0.2, 0.25) is 5.02 Å². The topological polar surface area (TPSA) is 26.3 Å². The Balaban J connectivity index is 1.79. The van der Waals surface area contributed by atoms with Crippen LogP contribution >= 0.6 is 27.5 Å². The number of hydrogen-bond donors (Lipinski definition) is 0. The Morgan fingerprint density at radius 3 is 2.62 bits per heavy atom. The molecule has 2 bridgehead atoms. The molecule has 0 aliphatic heterocycles. The summed E-state index contributed by atoms with van der Waals surface area (Å²) in [5.74, 6) is 0.416. The number of hydrogen-bond acceptors (Lipinski definition) is 2. The molecule has 2 aliphatic carbocycles. The molecule has 0 spiro atoms. The molecular formula is C17H20BrClO2. The van der Waals surface area contributed by atoms with Gasteiger partial charge in [0, 0.05) is 9.89 Å². The highest BCUT2D eigenvalue weighted by atomic mass is 79.9. The van der Waals surface area contributed by atoms with E-state index in [9.17, 15) is 4.79 Å². The van der Waals surface area contributed by atoms with Gasteiger partial charge in [-0.25, -0.2) is 4.79 Å². The lowest BCUT2D eigenvalue weighted by atomic mass is 9.70. The van der Waals surface area contributed by atoms with Gasteiger partial charge in [-0.2, -0.15) is 0 Å². The van der Waals surface area contributed by atoms with Crippen molar-refractivity contribution in [1.82, 2.24) is 0 Å². The molecular weight excluding hydrogens is 352 g/mol. The molecule has 0 N–H and O–H groups in total. The van der Waals surface area contributed by atoms with Crippen molar-refractivity contribution in [2.75, 3.05) is 0 Å². The highest BCUT2D eigenvalue weighted by Crippen LogP contribution is 2.66. The van der Waals surface area contributed by atoms with Gasteiger partial charge in [0.2, 0.25) is 0 Å². The molecule has 0 heterocycles. The first-order valence-electron chi connectivity index (χ1n) is 7.42. The molecule has 1 aromatic rings. The van der Waals surface area contributed by atoms with Crippen molar-refractivity contribution < 1.29 is 9.53 Å². The van der Waals surface area contributed by atoms with Gasteiger partial charge in [-0.1, -0.05) is 32.4 Å². The number of halogens is 2. The van der Waals surface area contributed by atoms with Crippen LogP contribution in [0.5, 0.6) is 0 Å². The molecule has 0 saturated heterocycles. The minimum absolute atomic E-state index is 0.0215. The predicted octanol–water partition coefficient (Wildman–Crippen LogP) is 5.47. The molecule has 0 aromatic heterocycles. The second kappa shape index (κ2) is 4.99. The summed E-state index contributed by atoms with van der Waals surface area (Å²) in [5.41, 5.74) is 0.894. The third kappa shape index (κ3) is 2.24. The lowest BCUT2D eigenvalue weighted by Gasteiger charge is -2.38. The highest BCUT2D eigenvalue weighted by Gasteiger charge is 2.62. The molecule has 0 amide bonds. The molecule has 0 radical (unpaired) electrons. The van der Waals surface area contributed by atoms with E-state index >= 15 is 0 Å². The smallest absolute Gasteiger partial charge is 0.338 e. The lowest BCUT2D eigenvalue weighted by Crippen LogP contribution is -2.38. The first-order valence-corrected chi connectivity index (χ1v) is 8.59. The quantitative estimate of drug-likeness (QED) is 0.644. The van der Waals surface area contributed by atoms with Crippen molar-refractivity contribution in [3.63, 3.8) is 0 Å². The SMILES string of the molecule is CC1(C)C2CCC1(C)C(OC(=O)c1ccc(Cl)c(Br)c1)C2. The number of esters is 1. The Bertz CT molecular complexity index is 598. The third-order valence-electron chi connectivity index (χ3n) is 6.12. The molecule has 1 aromatic carbocycles. The number of fused-ring (bicyclic) bond motifs is 2. The molecule has 4 heteroatoms. The summed E-state index contributed by atoms with van der Waals surface area (Å²) in [4.78, 5) is 12.4. The molecule has 2 aliphatic rings. The van der Waals surface area contributed by atoms with Crippen molar-refractivity contribution in [2.45, 2.75) is 46.1 Å². The average Bonchev–Trinajstić information content (AvgIpc) is 2.75. The predicted molar refractivity (Wildman–Crippen MR) is 87.6 cm³/mol. The van der Waals surface area contributed by atoms with E-state index in [0.29, 0.717) is 16.5 Å². The van der Waals surface area contributed by atoms with E-state index in [1.807, 2.05) is 0 Å². The van der Waals surface area contributed by atoms with Gasteiger partial charge in [0.1, 0.15) is 6.10 Å². The van der Waals surface area contributed by atoms with E-state index < -0.39 is 0 Å². The lowest BCUT2D eigenvalue weighted by molar-refractivity contribution is -0.0242. The zero-order valence-corrected chi connectivity index (χ0v) is 14.9. The normalized spacial score (nSPS) is 33.2. The zero-order valence-electron chi connectivity index (χ0n) is 12.6. The maximum absolute atomic E-state index is 12.4. The van der Waals surface area contributed by atoms with Gasteiger partial charge in [-0.15, -0.1) is 0 Å². The summed E-state index contributed by atoms with van der Waals surface area (Å²) in [5, 5.41) is 0.597. The van der Waals surface area contributed by atoms with Crippen LogP contribution in [0.1, 0.15) is 50.4 Å². The van der Waals surface area contributed by atoms with Gasteiger partial charge < -0.3 is 4.74 Å². The van der Waals surface area contributed by atoms with Crippen LogP contribution in [0, 0.1) is 16.7 Å². The van der Waals surface area contributed by atoms with Crippen LogP contribution in [-0.2, 0) is 4.74 Å². The van der Waals surface area contributed by atoms with Crippen LogP contribution in [0.25, 0.3) is 0 Å². The van der Waals surface area contributed by atoms with E-state index in [1.165, 1.54) is 6.42 Å². The fourth-order valence-corrected chi connectivity index (χ4v) is 4.63. The van der Waals surface area contributed by atoms with Gasteiger partial charge in [0.05, 0.1) is 10.6 Å². The summed E-state index contributed by atoms with van der Waals surface area (Å²) in [6.07, 6.45) is 3.41. The van der Waals surface area contributed by atoms with Gasteiger partial charge in [0.25, 0.3) is 0 Å². The van der Waals surface area contributed by atoms with Crippen LogP contribution in [-0.4, -0.2) is 12.1 Å². The first kappa shape index (κ1) is 15.4. The van der Waals surface area contributed by atoms with E-state index in [4.69, 9.17) is 16.3 Å². The number of carbonyl (C=O) groups is 1. The van der Waals surface area contributed by atoms with Crippen LogP contribution in [0.4, 0.5) is 0 Å². The Hall–Kier alpha value is -0.540. The van der Waals surface area contributed by atoms with E-state index in [-0.39, 0.29) is 22.9 Å². The second-order valence-electron chi connectivity index (χ2n) is 7.13.